The van der Waals surface area contributed by atoms with Crippen LogP contribution in [-0.4, -0.2) is 30.3 Å². The number of aryl methyl sites for hydroxylation is 3. The van der Waals surface area contributed by atoms with E-state index in [9.17, 15) is 13.2 Å². The van der Waals surface area contributed by atoms with Crippen molar-refractivity contribution in [3.63, 3.8) is 0 Å². The maximum absolute atomic E-state index is 13.0. The van der Waals surface area contributed by atoms with Crippen LogP contribution in [0.3, 0.4) is 0 Å². The van der Waals surface area contributed by atoms with Gasteiger partial charge in [-0.25, -0.2) is 8.42 Å². The quantitative estimate of drug-likeness (QED) is 0.392. The number of carbonyl (C=O) groups is 1. The Morgan fingerprint density at radius 1 is 1.07 bits per heavy atom. The van der Waals surface area contributed by atoms with Gasteiger partial charge < -0.3 is 0 Å². The maximum Gasteiger partial charge on any atom is 0.262 e. The van der Waals surface area contributed by atoms with Gasteiger partial charge in [-0.05, 0) is 55.9 Å². The van der Waals surface area contributed by atoms with Crippen LogP contribution in [0.2, 0.25) is 0 Å². The third-order valence-electron chi connectivity index (χ3n) is 4.26. The molecule has 0 aliphatic rings. The largest absolute Gasteiger partial charge is 0.296 e. The van der Waals surface area contributed by atoms with Gasteiger partial charge in [-0.15, -0.1) is 10.2 Å². The van der Waals surface area contributed by atoms with E-state index in [1.54, 1.807) is 25.1 Å². The van der Waals surface area contributed by atoms with Crippen molar-refractivity contribution in [1.82, 2.24) is 10.2 Å². The molecule has 0 radical (unpaired) electrons. The molecule has 1 aromatic heterocycles. The van der Waals surface area contributed by atoms with Gasteiger partial charge in [0.15, 0.2) is 4.34 Å². The van der Waals surface area contributed by atoms with E-state index in [1.807, 2.05) is 32.9 Å². The highest BCUT2D eigenvalue weighted by molar-refractivity contribution is 8.01. The summed E-state index contributed by atoms with van der Waals surface area (Å²) in [7, 11) is -3.87. The lowest BCUT2D eigenvalue weighted by atomic mass is 10.1. The molecule has 3 aromatic rings. The van der Waals surface area contributed by atoms with Crippen LogP contribution >= 0.6 is 23.1 Å². The third kappa shape index (κ3) is 5.18. The average molecular weight is 463 g/mol. The van der Waals surface area contributed by atoms with Crippen LogP contribution < -0.4 is 10.0 Å². The summed E-state index contributed by atoms with van der Waals surface area (Å²) in [6, 6.07) is 10.1. The Labute approximate surface area is 184 Å². The number of carbonyl (C=O) groups excluding carboxylic acids is 1. The molecule has 2 N–H and O–H groups in total. The summed E-state index contributed by atoms with van der Waals surface area (Å²) in [5.41, 5.74) is 3.14. The number of hydrogen-bond acceptors (Lipinski definition) is 7. The van der Waals surface area contributed by atoms with Crippen LogP contribution in [0, 0.1) is 20.8 Å². The van der Waals surface area contributed by atoms with Crippen molar-refractivity contribution in [3.8, 4) is 0 Å². The van der Waals surface area contributed by atoms with Gasteiger partial charge in [0.1, 0.15) is 0 Å². The minimum Gasteiger partial charge on any atom is -0.296 e. The molecular formula is C20H22N4O3S3. The zero-order valence-electron chi connectivity index (χ0n) is 17.0. The van der Waals surface area contributed by atoms with Crippen LogP contribution in [0.4, 0.5) is 10.8 Å². The Kier molecular flexibility index (Phi) is 6.79. The zero-order valence-corrected chi connectivity index (χ0v) is 19.5. The summed E-state index contributed by atoms with van der Waals surface area (Å²) in [5.74, 6) is 0.414. The van der Waals surface area contributed by atoms with Gasteiger partial charge in [0.05, 0.1) is 10.6 Å². The van der Waals surface area contributed by atoms with Crippen molar-refractivity contribution in [2.75, 3.05) is 15.8 Å². The summed E-state index contributed by atoms with van der Waals surface area (Å²) in [5, 5.41) is 11.0. The predicted molar refractivity (Wildman–Crippen MR) is 122 cm³/mol. The molecule has 2 aromatic carbocycles. The van der Waals surface area contributed by atoms with Crippen molar-refractivity contribution in [1.29, 1.82) is 0 Å². The van der Waals surface area contributed by atoms with E-state index in [0.717, 1.165) is 21.2 Å². The first-order valence-electron chi connectivity index (χ1n) is 9.18. The Bertz CT molecular complexity index is 1190. The molecule has 7 nitrogen and oxygen atoms in total. The Hall–Kier alpha value is -2.43. The molecule has 158 valence electrons. The summed E-state index contributed by atoms with van der Waals surface area (Å²) < 4.78 is 29.4. The van der Waals surface area contributed by atoms with Gasteiger partial charge >= 0.3 is 0 Å². The second-order valence-corrected chi connectivity index (χ2v) is 10.8. The van der Waals surface area contributed by atoms with E-state index in [-0.39, 0.29) is 10.5 Å². The number of amides is 1. The lowest BCUT2D eigenvalue weighted by Gasteiger charge is -2.14. The normalized spacial score (nSPS) is 11.3. The highest BCUT2D eigenvalue weighted by Crippen LogP contribution is 2.26. The van der Waals surface area contributed by atoms with E-state index in [4.69, 9.17) is 0 Å². The second kappa shape index (κ2) is 9.15. The molecule has 0 aliphatic heterocycles. The lowest BCUT2D eigenvalue weighted by molar-refractivity contribution is 0.102. The minimum atomic E-state index is -3.87. The summed E-state index contributed by atoms with van der Waals surface area (Å²) in [4.78, 5) is 12.7. The number of benzene rings is 2. The molecule has 0 saturated carbocycles. The number of rotatable bonds is 7. The van der Waals surface area contributed by atoms with E-state index in [1.165, 1.54) is 29.2 Å². The fraction of sp³-hybridized carbons (Fsp3) is 0.250. The molecule has 0 unspecified atom stereocenters. The van der Waals surface area contributed by atoms with Crippen molar-refractivity contribution >= 4 is 49.8 Å². The van der Waals surface area contributed by atoms with Crippen molar-refractivity contribution < 1.29 is 13.2 Å². The molecule has 10 heteroatoms. The second-order valence-electron chi connectivity index (χ2n) is 6.66. The number of thioether (sulfide) groups is 1. The fourth-order valence-electron chi connectivity index (χ4n) is 2.77. The van der Waals surface area contributed by atoms with E-state index < -0.39 is 15.9 Å². The van der Waals surface area contributed by atoms with Gasteiger partial charge in [0, 0.05) is 5.56 Å². The molecule has 0 atom stereocenters. The van der Waals surface area contributed by atoms with Crippen LogP contribution in [0.1, 0.15) is 34.0 Å². The first-order chi connectivity index (χ1) is 14.2. The Morgan fingerprint density at radius 2 is 1.83 bits per heavy atom. The number of hydrogen-bond donors (Lipinski definition) is 2. The zero-order chi connectivity index (χ0) is 21.9. The monoisotopic (exact) mass is 462 g/mol. The van der Waals surface area contributed by atoms with Gasteiger partial charge in [0.2, 0.25) is 5.13 Å². The number of aromatic nitrogens is 2. The fourth-order valence-corrected chi connectivity index (χ4v) is 5.82. The number of nitrogens with zero attached hydrogens (tertiary/aromatic N) is 2. The highest BCUT2D eigenvalue weighted by atomic mass is 32.2. The molecule has 0 spiro atoms. The van der Waals surface area contributed by atoms with Crippen LogP contribution in [-0.2, 0) is 10.0 Å². The van der Waals surface area contributed by atoms with Gasteiger partial charge in [-0.3, -0.25) is 14.8 Å². The average Bonchev–Trinajstić information content (AvgIpc) is 3.11. The Morgan fingerprint density at radius 3 is 2.53 bits per heavy atom. The van der Waals surface area contributed by atoms with E-state index in [2.05, 4.69) is 20.2 Å². The third-order valence-corrected chi connectivity index (χ3v) is 7.62. The molecule has 1 heterocycles. The molecule has 0 fully saturated rings. The van der Waals surface area contributed by atoms with E-state index in [0.29, 0.717) is 16.4 Å². The molecule has 0 bridgehead atoms. The molecule has 0 aliphatic carbocycles. The maximum atomic E-state index is 13.0. The molecule has 30 heavy (non-hydrogen) atoms. The van der Waals surface area contributed by atoms with Gasteiger partial charge in [-0.1, -0.05) is 53.8 Å². The first-order valence-corrected chi connectivity index (χ1v) is 12.5. The van der Waals surface area contributed by atoms with Crippen molar-refractivity contribution in [3.05, 3.63) is 58.7 Å². The van der Waals surface area contributed by atoms with Crippen LogP contribution in [0.25, 0.3) is 0 Å². The SMILES string of the molecule is CCSc1nnc(NC(=O)c2ccc(C)c(S(=O)(=O)Nc3ccc(C)cc3C)c2)s1. The van der Waals surface area contributed by atoms with Crippen LogP contribution in [0.15, 0.2) is 45.6 Å². The van der Waals surface area contributed by atoms with Crippen molar-refractivity contribution in [2.45, 2.75) is 36.9 Å². The number of nitrogens with one attached hydrogen (secondary N) is 2. The molecule has 3 rings (SSSR count). The van der Waals surface area contributed by atoms with Gasteiger partial charge in [0.25, 0.3) is 15.9 Å². The van der Waals surface area contributed by atoms with Crippen molar-refractivity contribution in [2.24, 2.45) is 0 Å². The van der Waals surface area contributed by atoms with Crippen LogP contribution in [0.5, 0.6) is 0 Å². The predicted octanol–water partition coefficient (Wildman–Crippen LogP) is 4.63. The number of anilines is 2. The summed E-state index contributed by atoms with van der Waals surface area (Å²) in [6.45, 7) is 7.48. The minimum absolute atomic E-state index is 0.0506. The lowest BCUT2D eigenvalue weighted by Crippen LogP contribution is -2.17. The summed E-state index contributed by atoms with van der Waals surface area (Å²) in [6.07, 6.45) is 0. The van der Waals surface area contributed by atoms with E-state index >= 15 is 0 Å². The first kappa shape index (κ1) is 22.3. The highest BCUT2D eigenvalue weighted by Gasteiger charge is 2.20. The molecule has 1 amide bonds. The summed E-state index contributed by atoms with van der Waals surface area (Å²) >= 11 is 2.81. The Balaban J connectivity index is 1.85. The standard InChI is InChI=1S/C20H22N4O3S3/c1-5-28-20-23-22-19(29-20)21-18(25)15-8-7-13(3)17(11-15)30(26,27)24-16-9-6-12(2)10-14(16)4/h6-11,24H,5H2,1-4H3,(H,21,22,25). The smallest absolute Gasteiger partial charge is 0.262 e. The molecular weight excluding hydrogens is 440 g/mol. The molecule has 0 saturated heterocycles. The topological polar surface area (TPSA) is 101 Å². The number of sulfonamides is 1. The van der Waals surface area contributed by atoms with Gasteiger partial charge in [-0.2, -0.15) is 0 Å².